The average Bonchev–Trinajstić information content (AvgIpc) is 2.61. The summed E-state index contributed by atoms with van der Waals surface area (Å²) in [6, 6.07) is -0.924. The van der Waals surface area contributed by atoms with Gasteiger partial charge in [-0.05, 0) is 20.8 Å². The highest BCUT2D eigenvalue weighted by atomic mass is 19.1. The molecule has 0 aromatic heterocycles. The third-order valence-corrected chi connectivity index (χ3v) is 2.44. The minimum absolute atomic E-state index is 0.0293. The maximum Gasteiger partial charge on any atom is 0.417 e. The number of nitrogens with zero attached hydrogens (tertiary/aromatic N) is 1. The van der Waals surface area contributed by atoms with Crippen LogP contribution in [0.15, 0.2) is 0 Å². The van der Waals surface area contributed by atoms with Gasteiger partial charge in [0.2, 0.25) is 0 Å². The maximum absolute atomic E-state index is 12.0. The number of carbonyl (C=O) groups excluding carboxylic acids is 3. The minimum atomic E-state index is -0.974. The Morgan fingerprint density at radius 3 is 2.63 bits per heavy atom. The number of halogens is 1. The Labute approximate surface area is 110 Å². The van der Waals surface area contributed by atoms with Crippen LogP contribution >= 0.6 is 0 Å². The molecule has 2 atom stereocenters. The lowest BCUT2D eigenvalue weighted by molar-refractivity contribution is -0.138. The van der Waals surface area contributed by atoms with Crippen LogP contribution in [0.1, 0.15) is 27.2 Å². The molecule has 19 heavy (non-hydrogen) atoms. The molecule has 0 N–H and O–H groups in total. The molecule has 1 aliphatic heterocycles. The first kappa shape index (κ1) is 15.6. The summed E-state index contributed by atoms with van der Waals surface area (Å²) in [7, 11) is 0. The summed E-state index contributed by atoms with van der Waals surface area (Å²) in [5.74, 6) is -0.667. The highest BCUT2D eigenvalue weighted by Crippen LogP contribution is 2.23. The van der Waals surface area contributed by atoms with E-state index in [-0.39, 0.29) is 13.0 Å². The van der Waals surface area contributed by atoms with E-state index >= 15 is 0 Å². The van der Waals surface area contributed by atoms with Crippen LogP contribution in [0.5, 0.6) is 0 Å². The zero-order chi connectivity index (χ0) is 14.6. The number of ether oxygens (including phenoxy) is 2. The second kappa shape index (κ2) is 6.10. The molecule has 0 aromatic carbocycles. The van der Waals surface area contributed by atoms with Gasteiger partial charge in [-0.15, -0.1) is 0 Å². The first-order valence-electron chi connectivity index (χ1n) is 5.99. The predicted octanol–water partition coefficient (Wildman–Crippen LogP) is 1.08. The van der Waals surface area contributed by atoms with Crippen molar-refractivity contribution < 1.29 is 28.2 Å². The molecule has 2 amide bonds. The van der Waals surface area contributed by atoms with Crippen molar-refractivity contribution >= 4 is 18.3 Å². The number of aldehydes is 1. The average molecular weight is 275 g/mol. The lowest BCUT2D eigenvalue weighted by Crippen LogP contribution is -2.44. The maximum atomic E-state index is 12.0. The molecule has 1 rings (SSSR count). The SMILES string of the molecule is CC(C)(C)OC(=O)N1C(=O)[C@@H](OCCF)CC1C=O. The molecule has 108 valence electrons. The van der Waals surface area contributed by atoms with Crippen LogP contribution in [0.2, 0.25) is 0 Å². The largest absolute Gasteiger partial charge is 0.443 e. The van der Waals surface area contributed by atoms with E-state index in [0.29, 0.717) is 6.29 Å². The van der Waals surface area contributed by atoms with E-state index in [1.165, 1.54) is 0 Å². The fourth-order valence-electron chi connectivity index (χ4n) is 1.72. The zero-order valence-corrected chi connectivity index (χ0v) is 11.2. The van der Waals surface area contributed by atoms with Crippen LogP contribution < -0.4 is 0 Å². The molecule has 0 spiro atoms. The molecule has 0 bridgehead atoms. The Morgan fingerprint density at radius 1 is 1.53 bits per heavy atom. The quantitative estimate of drug-likeness (QED) is 0.718. The van der Waals surface area contributed by atoms with E-state index < -0.39 is 36.4 Å². The third kappa shape index (κ3) is 3.99. The summed E-state index contributed by atoms with van der Waals surface area (Å²) >= 11 is 0. The van der Waals surface area contributed by atoms with Crippen LogP contribution in [0, 0.1) is 0 Å². The van der Waals surface area contributed by atoms with Gasteiger partial charge in [-0.1, -0.05) is 0 Å². The summed E-state index contributed by atoms with van der Waals surface area (Å²) in [5.41, 5.74) is -0.775. The van der Waals surface area contributed by atoms with Crippen LogP contribution in [0.25, 0.3) is 0 Å². The summed E-state index contributed by atoms with van der Waals surface area (Å²) in [5, 5.41) is 0. The third-order valence-electron chi connectivity index (χ3n) is 2.44. The Kier molecular flexibility index (Phi) is 4.99. The van der Waals surface area contributed by atoms with Gasteiger partial charge in [-0.3, -0.25) is 4.79 Å². The molecule has 0 aromatic rings. The van der Waals surface area contributed by atoms with Gasteiger partial charge in [-0.25, -0.2) is 14.1 Å². The molecular weight excluding hydrogens is 257 g/mol. The molecule has 7 heteroatoms. The minimum Gasteiger partial charge on any atom is -0.443 e. The van der Waals surface area contributed by atoms with Gasteiger partial charge in [0, 0.05) is 6.42 Å². The predicted molar refractivity (Wildman–Crippen MR) is 63.3 cm³/mol. The van der Waals surface area contributed by atoms with E-state index in [1.807, 2.05) is 0 Å². The smallest absolute Gasteiger partial charge is 0.417 e. The topological polar surface area (TPSA) is 72.9 Å². The van der Waals surface area contributed by atoms with Gasteiger partial charge in [0.15, 0.2) is 0 Å². The van der Waals surface area contributed by atoms with Crippen molar-refractivity contribution in [3.63, 3.8) is 0 Å². The zero-order valence-electron chi connectivity index (χ0n) is 11.2. The van der Waals surface area contributed by atoms with Gasteiger partial charge in [-0.2, -0.15) is 0 Å². The summed E-state index contributed by atoms with van der Waals surface area (Å²) in [6.45, 7) is 3.97. The van der Waals surface area contributed by atoms with Crippen LogP contribution in [0.4, 0.5) is 9.18 Å². The second-order valence-corrected chi connectivity index (χ2v) is 5.18. The summed E-state index contributed by atoms with van der Waals surface area (Å²) in [6.07, 6.45) is -1.35. The number of alkyl halides is 1. The molecule has 1 aliphatic rings. The lowest BCUT2D eigenvalue weighted by atomic mass is 10.2. The van der Waals surface area contributed by atoms with E-state index in [1.54, 1.807) is 20.8 Å². The van der Waals surface area contributed by atoms with Crippen LogP contribution in [-0.4, -0.2) is 54.2 Å². The fourth-order valence-corrected chi connectivity index (χ4v) is 1.72. The number of likely N-dealkylation sites (tertiary alicyclic amines) is 1. The Balaban J connectivity index is 2.77. The van der Waals surface area contributed by atoms with Crippen molar-refractivity contribution in [3.05, 3.63) is 0 Å². The van der Waals surface area contributed by atoms with Gasteiger partial charge in [0.05, 0.1) is 6.61 Å². The standard InChI is InChI=1S/C12H18FNO5/c1-12(2,3)19-11(17)14-8(7-15)6-9(10(14)16)18-5-4-13/h7-9H,4-6H2,1-3H3/t8?,9-/m0/s1. The fraction of sp³-hybridized carbons (Fsp3) is 0.750. The first-order valence-corrected chi connectivity index (χ1v) is 5.99. The number of hydrogen-bond donors (Lipinski definition) is 0. The van der Waals surface area contributed by atoms with E-state index in [2.05, 4.69) is 0 Å². The van der Waals surface area contributed by atoms with Gasteiger partial charge in [0.1, 0.15) is 30.7 Å². The number of carbonyl (C=O) groups is 3. The molecule has 1 fully saturated rings. The molecular formula is C12H18FNO5. The van der Waals surface area contributed by atoms with Crippen molar-refractivity contribution in [1.29, 1.82) is 0 Å². The molecule has 0 radical (unpaired) electrons. The Hall–Kier alpha value is -1.50. The Morgan fingerprint density at radius 2 is 2.16 bits per heavy atom. The number of hydrogen-bond acceptors (Lipinski definition) is 5. The highest BCUT2D eigenvalue weighted by molar-refractivity contribution is 5.99. The summed E-state index contributed by atoms with van der Waals surface area (Å²) in [4.78, 5) is 35.4. The van der Waals surface area contributed by atoms with Crippen molar-refractivity contribution in [1.82, 2.24) is 4.90 Å². The van der Waals surface area contributed by atoms with E-state index in [0.717, 1.165) is 4.90 Å². The lowest BCUT2D eigenvalue weighted by Gasteiger charge is -2.25. The number of rotatable bonds is 4. The van der Waals surface area contributed by atoms with Gasteiger partial charge in [0.25, 0.3) is 5.91 Å². The molecule has 0 saturated carbocycles. The van der Waals surface area contributed by atoms with Crippen molar-refractivity contribution in [2.45, 2.75) is 44.9 Å². The van der Waals surface area contributed by atoms with Gasteiger partial charge >= 0.3 is 6.09 Å². The Bertz CT molecular complexity index is 366. The highest BCUT2D eigenvalue weighted by Gasteiger charge is 2.45. The monoisotopic (exact) mass is 275 g/mol. The normalized spacial score (nSPS) is 23.6. The van der Waals surface area contributed by atoms with Crippen molar-refractivity contribution in [3.8, 4) is 0 Å². The van der Waals surface area contributed by atoms with Crippen LogP contribution in [0.3, 0.4) is 0 Å². The molecule has 1 unspecified atom stereocenters. The van der Waals surface area contributed by atoms with E-state index in [4.69, 9.17) is 9.47 Å². The van der Waals surface area contributed by atoms with Crippen LogP contribution in [-0.2, 0) is 19.1 Å². The summed E-state index contributed by atoms with van der Waals surface area (Å²) < 4.78 is 22.0. The van der Waals surface area contributed by atoms with Crippen molar-refractivity contribution in [2.24, 2.45) is 0 Å². The molecule has 1 heterocycles. The molecule has 1 saturated heterocycles. The first-order chi connectivity index (χ1) is 8.80. The number of amides is 2. The molecule has 6 nitrogen and oxygen atoms in total. The van der Waals surface area contributed by atoms with Crippen molar-refractivity contribution in [2.75, 3.05) is 13.3 Å². The second-order valence-electron chi connectivity index (χ2n) is 5.18. The van der Waals surface area contributed by atoms with E-state index in [9.17, 15) is 18.8 Å². The number of imide groups is 1. The van der Waals surface area contributed by atoms with Gasteiger partial charge < -0.3 is 14.3 Å². The molecule has 0 aliphatic carbocycles.